The van der Waals surface area contributed by atoms with E-state index in [0.29, 0.717) is 0 Å². The maximum Gasteiger partial charge on any atom is 0.144 e. The molecular weight excluding hydrogens is 414 g/mol. The van der Waals surface area contributed by atoms with Crippen molar-refractivity contribution in [3.8, 4) is 22.4 Å². The zero-order chi connectivity index (χ0) is 23.2. The van der Waals surface area contributed by atoms with Crippen molar-refractivity contribution in [3.63, 3.8) is 0 Å². The number of fused-ring (bicyclic) bond motifs is 3. The van der Waals surface area contributed by atoms with Crippen LogP contribution in [0.3, 0.4) is 0 Å². The van der Waals surface area contributed by atoms with Gasteiger partial charge in [-0.2, -0.15) is 0 Å². The second-order valence-corrected chi connectivity index (χ2v) is 10.2. The van der Waals surface area contributed by atoms with Crippen LogP contribution in [-0.2, 0) is 6.42 Å². The number of hydrogen-bond acceptors (Lipinski definition) is 2. The lowest BCUT2D eigenvalue weighted by atomic mass is 9.93. The summed E-state index contributed by atoms with van der Waals surface area (Å²) in [5.74, 6) is 0.823. The van der Waals surface area contributed by atoms with E-state index in [1.54, 1.807) is 0 Å². The molecule has 34 heavy (non-hydrogen) atoms. The predicted octanol–water partition coefficient (Wildman–Crippen LogP) is 8.97. The normalized spacial score (nSPS) is 14.4. The molecule has 0 amide bonds. The topological polar surface area (TPSA) is 26.0 Å². The molecule has 1 aliphatic rings. The van der Waals surface area contributed by atoms with E-state index in [-0.39, 0.29) is 0 Å². The summed E-state index contributed by atoms with van der Waals surface area (Å²) in [7, 11) is 0. The number of rotatable bonds is 4. The van der Waals surface area contributed by atoms with Gasteiger partial charge in [-0.05, 0) is 91.3 Å². The van der Waals surface area contributed by atoms with E-state index < -0.39 is 0 Å². The molecule has 2 nitrogen and oxygen atoms in total. The first-order valence-corrected chi connectivity index (χ1v) is 12.6. The summed E-state index contributed by atoms with van der Waals surface area (Å²) >= 11 is 0. The third kappa shape index (κ3) is 3.72. The zero-order valence-electron chi connectivity index (χ0n) is 20.3. The second kappa shape index (κ2) is 8.43. The lowest BCUT2D eigenvalue weighted by Gasteiger charge is -2.11. The highest BCUT2D eigenvalue weighted by molar-refractivity contribution is 6.10. The fourth-order valence-electron chi connectivity index (χ4n) is 6.09. The van der Waals surface area contributed by atoms with Crippen LogP contribution < -0.4 is 0 Å². The number of aromatic nitrogens is 1. The lowest BCUT2D eigenvalue weighted by molar-refractivity contribution is 0.546. The Balaban J connectivity index is 1.45. The number of benzene rings is 3. The van der Waals surface area contributed by atoms with Crippen molar-refractivity contribution >= 4 is 21.9 Å². The summed E-state index contributed by atoms with van der Waals surface area (Å²) in [6.07, 6.45) is 8.60. The van der Waals surface area contributed by atoms with E-state index in [1.807, 2.05) is 6.20 Å². The summed E-state index contributed by atoms with van der Waals surface area (Å²) in [6, 6.07) is 22.0. The average Bonchev–Trinajstić information content (AvgIpc) is 3.45. The predicted molar refractivity (Wildman–Crippen MR) is 142 cm³/mol. The van der Waals surface area contributed by atoms with Gasteiger partial charge in [0.05, 0.1) is 5.69 Å². The molecule has 0 bridgehead atoms. The molecule has 0 aliphatic heterocycles. The summed E-state index contributed by atoms with van der Waals surface area (Å²) in [5.41, 5.74) is 11.7. The van der Waals surface area contributed by atoms with Gasteiger partial charge in [0.15, 0.2) is 0 Å². The van der Waals surface area contributed by atoms with Crippen molar-refractivity contribution in [2.24, 2.45) is 5.92 Å². The molecule has 0 atom stereocenters. The number of nitrogens with zero attached hydrogens (tertiary/aromatic N) is 1. The molecule has 2 aromatic heterocycles. The summed E-state index contributed by atoms with van der Waals surface area (Å²) < 4.78 is 6.54. The van der Waals surface area contributed by atoms with E-state index in [1.165, 1.54) is 59.1 Å². The van der Waals surface area contributed by atoms with Gasteiger partial charge in [-0.25, -0.2) is 0 Å². The largest absolute Gasteiger partial charge is 0.455 e. The molecule has 0 N–H and O–H groups in total. The molecule has 2 heteroatoms. The maximum atomic E-state index is 6.54. The van der Waals surface area contributed by atoms with Gasteiger partial charge >= 0.3 is 0 Å². The van der Waals surface area contributed by atoms with Crippen molar-refractivity contribution in [1.82, 2.24) is 4.98 Å². The van der Waals surface area contributed by atoms with Crippen molar-refractivity contribution < 1.29 is 4.42 Å². The Labute approximate surface area is 201 Å². The van der Waals surface area contributed by atoms with Gasteiger partial charge in [0, 0.05) is 22.5 Å². The minimum atomic E-state index is 0.823. The van der Waals surface area contributed by atoms with Gasteiger partial charge in [-0.1, -0.05) is 61.6 Å². The lowest BCUT2D eigenvalue weighted by Crippen LogP contribution is -1.99. The first-order chi connectivity index (χ1) is 16.6. The van der Waals surface area contributed by atoms with Gasteiger partial charge < -0.3 is 4.42 Å². The van der Waals surface area contributed by atoms with Crippen LogP contribution in [-0.4, -0.2) is 4.98 Å². The number of aryl methyl sites for hydroxylation is 3. The van der Waals surface area contributed by atoms with Crippen LogP contribution in [0.25, 0.3) is 44.3 Å². The number of para-hydroxylation sites is 1. The summed E-state index contributed by atoms with van der Waals surface area (Å²) in [6.45, 7) is 6.55. The monoisotopic (exact) mass is 445 g/mol. The number of hydrogen-bond donors (Lipinski definition) is 0. The van der Waals surface area contributed by atoms with E-state index in [4.69, 9.17) is 9.40 Å². The van der Waals surface area contributed by atoms with E-state index in [9.17, 15) is 0 Å². The second-order valence-electron chi connectivity index (χ2n) is 10.2. The smallest absolute Gasteiger partial charge is 0.144 e. The zero-order valence-corrected chi connectivity index (χ0v) is 20.3. The van der Waals surface area contributed by atoms with Crippen LogP contribution in [0.4, 0.5) is 0 Å². The quantitative estimate of drug-likeness (QED) is 0.276. The van der Waals surface area contributed by atoms with Gasteiger partial charge in [-0.15, -0.1) is 0 Å². The third-order valence-corrected chi connectivity index (χ3v) is 7.56. The van der Waals surface area contributed by atoms with E-state index in [2.05, 4.69) is 81.4 Å². The SMILES string of the molecule is Cc1cc(C)c(-c2ccc3c(c2)oc2c(-c4cc(CC5CCCC5)ccn4)cccc23)c(C)c1. The highest BCUT2D eigenvalue weighted by atomic mass is 16.3. The first kappa shape index (κ1) is 21.2. The Hall–Kier alpha value is -3.39. The molecule has 0 saturated heterocycles. The van der Waals surface area contributed by atoms with E-state index >= 15 is 0 Å². The van der Waals surface area contributed by atoms with Crippen molar-refractivity contribution in [3.05, 3.63) is 89.1 Å². The molecule has 5 aromatic rings. The van der Waals surface area contributed by atoms with Crippen molar-refractivity contribution in [2.75, 3.05) is 0 Å². The van der Waals surface area contributed by atoms with Crippen LogP contribution >= 0.6 is 0 Å². The molecule has 6 rings (SSSR count). The summed E-state index contributed by atoms with van der Waals surface area (Å²) in [4.78, 5) is 4.74. The van der Waals surface area contributed by atoms with E-state index in [0.717, 1.165) is 45.5 Å². The molecule has 1 saturated carbocycles. The molecule has 0 unspecified atom stereocenters. The Morgan fingerprint density at radius 1 is 0.853 bits per heavy atom. The number of pyridine rings is 1. The van der Waals surface area contributed by atoms with Crippen LogP contribution in [0.1, 0.15) is 47.9 Å². The molecule has 3 aromatic carbocycles. The molecular formula is C32H31NO. The molecule has 1 fully saturated rings. The number of furan rings is 1. The van der Waals surface area contributed by atoms with Gasteiger partial charge in [0.1, 0.15) is 11.2 Å². The fourth-order valence-corrected chi connectivity index (χ4v) is 6.09. The van der Waals surface area contributed by atoms with Gasteiger partial charge in [0.2, 0.25) is 0 Å². The van der Waals surface area contributed by atoms with Crippen LogP contribution in [0.2, 0.25) is 0 Å². The van der Waals surface area contributed by atoms with Crippen LogP contribution in [0.15, 0.2) is 71.3 Å². The minimum Gasteiger partial charge on any atom is -0.455 e. The molecule has 0 radical (unpaired) electrons. The Kier molecular flexibility index (Phi) is 5.25. The van der Waals surface area contributed by atoms with Crippen molar-refractivity contribution in [2.45, 2.75) is 52.9 Å². The average molecular weight is 446 g/mol. The summed E-state index contributed by atoms with van der Waals surface area (Å²) in [5, 5.41) is 2.31. The van der Waals surface area contributed by atoms with Crippen molar-refractivity contribution in [1.29, 1.82) is 0 Å². The highest BCUT2D eigenvalue weighted by Crippen LogP contribution is 2.38. The maximum absolute atomic E-state index is 6.54. The first-order valence-electron chi connectivity index (χ1n) is 12.6. The third-order valence-electron chi connectivity index (χ3n) is 7.56. The molecule has 1 aliphatic carbocycles. The minimum absolute atomic E-state index is 0.823. The standard InChI is InChI=1S/C32H31NO/c1-20-15-21(2)31(22(3)16-20)25-11-12-26-27-9-6-10-28(32(27)34-30(26)19-25)29-18-24(13-14-33-29)17-23-7-4-5-8-23/h6,9-16,18-19,23H,4-5,7-8,17H2,1-3H3. The fraction of sp³-hybridized carbons (Fsp3) is 0.281. The Morgan fingerprint density at radius 2 is 1.65 bits per heavy atom. The molecule has 2 heterocycles. The highest BCUT2D eigenvalue weighted by Gasteiger charge is 2.18. The Bertz CT molecular complexity index is 1490. The van der Waals surface area contributed by atoms with Crippen LogP contribution in [0.5, 0.6) is 0 Å². The molecule has 170 valence electrons. The van der Waals surface area contributed by atoms with Gasteiger partial charge in [-0.3, -0.25) is 4.98 Å². The van der Waals surface area contributed by atoms with Crippen LogP contribution in [0, 0.1) is 26.7 Å². The van der Waals surface area contributed by atoms with Gasteiger partial charge in [0.25, 0.3) is 0 Å². The Morgan fingerprint density at radius 3 is 2.44 bits per heavy atom. The molecule has 0 spiro atoms.